The lowest BCUT2D eigenvalue weighted by atomic mass is 10.1. The summed E-state index contributed by atoms with van der Waals surface area (Å²) in [6.45, 7) is 2.55. The van der Waals surface area contributed by atoms with Gasteiger partial charge in [0.05, 0.1) is 0 Å². The first-order chi connectivity index (χ1) is 7.26. The lowest BCUT2D eigenvalue weighted by Gasteiger charge is -2.07. The summed E-state index contributed by atoms with van der Waals surface area (Å²) in [6.07, 6.45) is 0.957. The van der Waals surface area contributed by atoms with Gasteiger partial charge in [0.1, 0.15) is 0 Å². The molecule has 4 heteroatoms. The van der Waals surface area contributed by atoms with Crippen LogP contribution in [0.15, 0.2) is 24.3 Å². The fourth-order valence-corrected chi connectivity index (χ4v) is 1.30. The topological polar surface area (TPSA) is 41.1 Å². The Morgan fingerprint density at radius 2 is 2.27 bits per heavy atom. The third-order valence-electron chi connectivity index (χ3n) is 1.97. The molecule has 0 spiro atoms. The van der Waals surface area contributed by atoms with Gasteiger partial charge < -0.3 is 10.6 Å². The summed E-state index contributed by atoms with van der Waals surface area (Å²) >= 11 is 5.45. The van der Waals surface area contributed by atoms with E-state index in [0.29, 0.717) is 12.4 Å². The molecule has 0 atom stereocenters. The van der Waals surface area contributed by atoms with E-state index in [-0.39, 0.29) is 6.03 Å². The standard InChI is InChI=1S/C11H15ClN2O/c1-2-9-4-3-5-10(8-9)14-11(15)13-7-6-12/h3-5,8H,2,6-7H2,1H3,(H2,13,14,15). The van der Waals surface area contributed by atoms with Crippen molar-refractivity contribution in [3.63, 3.8) is 0 Å². The second-order valence-electron chi connectivity index (χ2n) is 3.12. The molecule has 0 saturated carbocycles. The van der Waals surface area contributed by atoms with E-state index in [4.69, 9.17) is 11.6 Å². The van der Waals surface area contributed by atoms with Crippen molar-refractivity contribution in [3.05, 3.63) is 29.8 Å². The Morgan fingerprint density at radius 3 is 2.93 bits per heavy atom. The zero-order valence-electron chi connectivity index (χ0n) is 8.72. The van der Waals surface area contributed by atoms with Gasteiger partial charge in [-0.3, -0.25) is 0 Å². The van der Waals surface area contributed by atoms with Crippen LogP contribution in [0.25, 0.3) is 0 Å². The number of amides is 2. The van der Waals surface area contributed by atoms with Crippen molar-refractivity contribution in [3.8, 4) is 0 Å². The van der Waals surface area contributed by atoms with Gasteiger partial charge in [-0.05, 0) is 24.1 Å². The van der Waals surface area contributed by atoms with Gasteiger partial charge in [-0.25, -0.2) is 4.79 Å². The molecule has 15 heavy (non-hydrogen) atoms. The number of carbonyl (C=O) groups excluding carboxylic acids is 1. The van der Waals surface area contributed by atoms with E-state index in [1.54, 1.807) is 0 Å². The smallest absolute Gasteiger partial charge is 0.319 e. The lowest BCUT2D eigenvalue weighted by Crippen LogP contribution is -2.30. The van der Waals surface area contributed by atoms with Crippen molar-refractivity contribution < 1.29 is 4.79 Å². The van der Waals surface area contributed by atoms with Crippen molar-refractivity contribution >= 4 is 23.3 Å². The number of urea groups is 1. The van der Waals surface area contributed by atoms with Gasteiger partial charge in [0.25, 0.3) is 0 Å². The molecule has 2 N–H and O–H groups in total. The Labute approximate surface area is 94.8 Å². The molecule has 0 aliphatic rings. The number of hydrogen-bond donors (Lipinski definition) is 2. The summed E-state index contributed by atoms with van der Waals surface area (Å²) in [6, 6.07) is 7.56. The van der Waals surface area contributed by atoms with E-state index in [1.807, 2.05) is 24.3 Å². The van der Waals surface area contributed by atoms with Crippen molar-refractivity contribution in [2.75, 3.05) is 17.7 Å². The van der Waals surface area contributed by atoms with Gasteiger partial charge in [-0.1, -0.05) is 19.1 Å². The lowest BCUT2D eigenvalue weighted by molar-refractivity contribution is 0.252. The Kier molecular flexibility index (Phi) is 4.98. The average molecular weight is 227 g/mol. The van der Waals surface area contributed by atoms with E-state index in [2.05, 4.69) is 17.6 Å². The molecule has 1 aromatic rings. The summed E-state index contributed by atoms with van der Waals surface area (Å²) in [5.41, 5.74) is 2.01. The van der Waals surface area contributed by atoms with Crippen LogP contribution in [0.3, 0.4) is 0 Å². The molecular formula is C11H15ClN2O. The number of rotatable bonds is 4. The number of halogens is 1. The second-order valence-corrected chi connectivity index (χ2v) is 3.50. The minimum Gasteiger partial charge on any atom is -0.337 e. The van der Waals surface area contributed by atoms with Gasteiger partial charge in [0.15, 0.2) is 0 Å². The highest BCUT2D eigenvalue weighted by Gasteiger charge is 2.00. The molecule has 0 heterocycles. The van der Waals surface area contributed by atoms with E-state index >= 15 is 0 Å². The van der Waals surface area contributed by atoms with Crippen molar-refractivity contribution in [1.29, 1.82) is 0 Å². The molecule has 0 radical (unpaired) electrons. The first-order valence-corrected chi connectivity index (χ1v) is 5.49. The van der Waals surface area contributed by atoms with Crippen LogP contribution < -0.4 is 10.6 Å². The molecule has 1 rings (SSSR count). The van der Waals surface area contributed by atoms with Gasteiger partial charge in [0, 0.05) is 18.1 Å². The first-order valence-electron chi connectivity index (χ1n) is 4.96. The molecule has 0 fully saturated rings. The number of alkyl halides is 1. The maximum Gasteiger partial charge on any atom is 0.319 e. The predicted octanol–water partition coefficient (Wildman–Crippen LogP) is 2.61. The number of benzene rings is 1. The molecule has 1 aromatic carbocycles. The minimum atomic E-state index is -0.219. The number of hydrogen-bond acceptors (Lipinski definition) is 1. The number of carbonyl (C=O) groups is 1. The van der Waals surface area contributed by atoms with Crippen LogP contribution in [0, 0.1) is 0 Å². The molecule has 82 valence electrons. The summed E-state index contributed by atoms with van der Waals surface area (Å²) in [7, 11) is 0. The zero-order chi connectivity index (χ0) is 11.1. The van der Waals surface area contributed by atoms with Crippen molar-refractivity contribution in [2.24, 2.45) is 0 Å². The zero-order valence-corrected chi connectivity index (χ0v) is 9.47. The maximum atomic E-state index is 11.3. The predicted molar refractivity (Wildman–Crippen MR) is 63.6 cm³/mol. The number of aryl methyl sites for hydroxylation is 1. The van der Waals surface area contributed by atoms with Gasteiger partial charge in [0.2, 0.25) is 0 Å². The molecule has 0 unspecified atom stereocenters. The largest absolute Gasteiger partial charge is 0.337 e. The number of nitrogens with one attached hydrogen (secondary N) is 2. The summed E-state index contributed by atoms with van der Waals surface area (Å²) in [5.74, 6) is 0.419. The summed E-state index contributed by atoms with van der Waals surface area (Å²) < 4.78 is 0. The second kappa shape index (κ2) is 6.30. The highest BCUT2D eigenvalue weighted by molar-refractivity contribution is 6.18. The molecule has 0 aliphatic heterocycles. The molecule has 0 aromatic heterocycles. The Bertz CT molecular complexity index is 328. The van der Waals surface area contributed by atoms with E-state index < -0.39 is 0 Å². The van der Waals surface area contributed by atoms with Gasteiger partial charge in [-0.15, -0.1) is 11.6 Å². The first kappa shape index (κ1) is 11.9. The Morgan fingerprint density at radius 1 is 1.47 bits per heavy atom. The summed E-state index contributed by atoms with van der Waals surface area (Å²) in [4.78, 5) is 11.3. The third kappa shape index (κ3) is 4.21. The highest BCUT2D eigenvalue weighted by Crippen LogP contribution is 2.10. The van der Waals surface area contributed by atoms with Crippen molar-refractivity contribution in [2.45, 2.75) is 13.3 Å². The van der Waals surface area contributed by atoms with Crippen LogP contribution in [-0.2, 0) is 6.42 Å². The maximum absolute atomic E-state index is 11.3. The fraction of sp³-hybridized carbons (Fsp3) is 0.364. The molecule has 0 aliphatic carbocycles. The third-order valence-corrected chi connectivity index (χ3v) is 2.16. The number of anilines is 1. The monoisotopic (exact) mass is 226 g/mol. The van der Waals surface area contributed by atoms with Crippen LogP contribution in [0.1, 0.15) is 12.5 Å². The van der Waals surface area contributed by atoms with Crippen molar-refractivity contribution in [1.82, 2.24) is 5.32 Å². The van der Waals surface area contributed by atoms with Crippen LogP contribution in [0.4, 0.5) is 10.5 Å². The normalized spacial score (nSPS) is 9.73. The van der Waals surface area contributed by atoms with E-state index in [0.717, 1.165) is 12.1 Å². The fourth-order valence-electron chi connectivity index (χ4n) is 1.21. The highest BCUT2D eigenvalue weighted by atomic mass is 35.5. The quantitative estimate of drug-likeness (QED) is 0.762. The van der Waals surface area contributed by atoms with Gasteiger partial charge in [-0.2, -0.15) is 0 Å². The Balaban J connectivity index is 2.52. The van der Waals surface area contributed by atoms with Crippen LogP contribution in [-0.4, -0.2) is 18.5 Å². The van der Waals surface area contributed by atoms with E-state index in [9.17, 15) is 4.79 Å². The van der Waals surface area contributed by atoms with Gasteiger partial charge >= 0.3 is 6.03 Å². The molecule has 0 bridgehead atoms. The SMILES string of the molecule is CCc1cccc(NC(=O)NCCCl)c1. The van der Waals surface area contributed by atoms with Crippen LogP contribution in [0.2, 0.25) is 0 Å². The Hall–Kier alpha value is -1.22. The van der Waals surface area contributed by atoms with E-state index in [1.165, 1.54) is 5.56 Å². The van der Waals surface area contributed by atoms with Crippen LogP contribution in [0.5, 0.6) is 0 Å². The average Bonchev–Trinajstić information content (AvgIpc) is 2.26. The molecule has 3 nitrogen and oxygen atoms in total. The minimum absolute atomic E-state index is 0.219. The molecule has 2 amide bonds. The summed E-state index contributed by atoms with van der Waals surface area (Å²) in [5, 5.41) is 5.38. The van der Waals surface area contributed by atoms with Crippen LogP contribution >= 0.6 is 11.6 Å². The molecular weight excluding hydrogens is 212 g/mol. The molecule has 0 saturated heterocycles.